The monoisotopic (exact) mass is 239 g/mol. The van der Waals surface area contributed by atoms with Crippen molar-refractivity contribution in [3.05, 3.63) is 23.7 Å². The summed E-state index contributed by atoms with van der Waals surface area (Å²) in [7, 11) is 0. The Kier molecular flexibility index (Phi) is 3.22. The fraction of sp³-hybridized carbons (Fsp3) is 0.583. The molecule has 0 bridgehead atoms. The highest BCUT2D eigenvalue weighted by Crippen LogP contribution is 2.34. The van der Waals surface area contributed by atoms with Crippen LogP contribution in [0.25, 0.3) is 0 Å². The molecule has 1 fully saturated rings. The minimum Gasteiger partial charge on any atom is -0.475 e. The van der Waals surface area contributed by atoms with E-state index in [1.54, 1.807) is 6.07 Å². The highest BCUT2D eigenvalue weighted by atomic mass is 16.4. The van der Waals surface area contributed by atoms with Crippen molar-refractivity contribution in [2.75, 3.05) is 6.61 Å². The number of furan rings is 1. The molecular weight excluding hydrogens is 222 g/mol. The summed E-state index contributed by atoms with van der Waals surface area (Å²) in [5.41, 5.74) is -0.213. The summed E-state index contributed by atoms with van der Waals surface area (Å²) < 4.78 is 5.22. The lowest BCUT2D eigenvalue weighted by Gasteiger charge is -2.42. The number of hydrogen-bond donors (Lipinski definition) is 3. The zero-order chi connectivity index (χ0) is 12.5. The van der Waals surface area contributed by atoms with E-state index in [1.807, 2.05) is 6.92 Å². The van der Waals surface area contributed by atoms with Gasteiger partial charge in [0.05, 0.1) is 12.6 Å². The first-order valence-electron chi connectivity index (χ1n) is 5.78. The molecule has 0 amide bonds. The summed E-state index contributed by atoms with van der Waals surface area (Å²) in [6.45, 7) is 2.00. The molecule has 5 heteroatoms. The standard InChI is InChI=1S/C12H17NO4/c1-8(13-12(7-14)5-2-6-12)9-3-4-10(17-9)11(15)16/h3-4,8,13-14H,2,5-7H2,1H3,(H,15,16). The molecule has 5 nitrogen and oxygen atoms in total. The third kappa shape index (κ3) is 2.35. The van der Waals surface area contributed by atoms with Gasteiger partial charge in [-0.2, -0.15) is 0 Å². The molecule has 17 heavy (non-hydrogen) atoms. The van der Waals surface area contributed by atoms with Crippen molar-refractivity contribution in [2.24, 2.45) is 0 Å². The smallest absolute Gasteiger partial charge is 0.371 e. The number of carbonyl (C=O) groups is 1. The minimum absolute atomic E-state index is 0.0553. The van der Waals surface area contributed by atoms with Crippen LogP contribution in [0.3, 0.4) is 0 Å². The van der Waals surface area contributed by atoms with Gasteiger partial charge in [0.25, 0.3) is 0 Å². The van der Waals surface area contributed by atoms with Crippen molar-refractivity contribution >= 4 is 5.97 Å². The topological polar surface area (TPSA) is 82.7 Å². The van der Waals surface area contributed by atoms with E-state index in [0.717, 1.165) is 19.3 Å². The van der Waals surface area contributed by atoms with Crippen molar-refractivity contribution < 1.29 is 19.4 Å². The number of carboxylic acid groups (broad SMARTS) is 1. The van der Waals surface area contributed by atoms with Gasteiger partial charge in [-0.05, 0) is 38.3 Å². The van der Waals surface area contributed by atoms with Crippen LogP contribution in [-0.2, 0) is 0 Å². The molecule has 1 aliphatic rings. The lowest BCUT2D eigenvalue weighted by molar-refractivity contribution is 0.0647. The van der Waals surface area contributed by atoms with Crippen molar-refractivity contribution in [3.63, 3.8) is 0 Å². The van der Waals surface area contributed by atoms with E-state index in [4.69, 9.17) is 9.52 Å². The van der Waals surface area contributed by atoms with Gasteiger partial charge in [-0.1, -0.05) is 0 Å². The molecule has 0 saturated heterocycles. The molecule has 1 unspecified atom stereocenters. The maximum atomic E-state index is 10.7. The summed E-state index contributed by atoms with van der Waals surface area (Å²) in [5.74, 6) is -0.536. The van der Waals surface area contributed by atoms with Gasteiger partial charge in [-0.25, -0.2) is 4.79 Å². The number of carboxylic acids is 1. The number of aliphatic hydroxyl groups excluding tert-OH is 1. The van der Waals surface area contributed by atoms with Crippen LogP contribution in [0.15, 0.2) is 16.5 Å². The summed E-state index contributed by atoms with van der Waals surface area (Å²) in [4.78, 5) is 10.7. The van der Waals surface area contributed by atoms with Gasteiger partial charge in [-0.3, -0.25) is 5.32 Å². The third-order valence-electron chi connectivity index (χ3n) is 3.40. The summed E-state index contributed by atoms with van der Waals surface area (Å²) >= 11 is 0. The van der Waals surface area contributed by atoms with E-state index in [1.165, 1.54) is 6.07 Å². The average Bonchev–Trinajstić information content (AvgIpc) is 2.72. The number of hydrogen-bond acceptors (Lipinski definition) is 4. The highest BCUT2D eigenvalue weighted by Gasteiger charge is 2.37. The minimum atomic E-state index is -1.07. The van der Waals surface area contributed by atoms with Gasteiger partial charge in [0.2, 0.25) is 5.76 Å². The Balaban J connectivity index is 2.03. The van der Waals surface area contributed by atoms with E-state index in [9.17, 15) is 9.90 Å². The molecule has 1 aromatic heterocycles. The Bertz CT molecular complexity index is 403. The zero-order valence-electron chi connectivity index (χ0n) is 9.77. The van der Waals surface area contributed by atoms with Crippen LogP contribution >= 0.6 is 0 Å². The van der Waals surface area contributed by atoms with Gasteiger partial charge in [0, 0.05) is 5.54 Å². The SMILES string of the molecule is CC(NC1(CO)CCC1)c1ccc(C(=O)O)o1. The Morgan fingerprint density at radius 2 is 2.29 bits per heavy atom. The molecular formula is C12H17NO4. The molecule has 1 aromatic rings. The van der Waals surface area contributed by atoms with Gasteiger partial charge in [-0.15, -0.1) is 0 Å². The fourth-order valence-corrected chi connectivity index (χ4v) is 2.18. The summed E-state index contributed by atoms with van der Waals surface area (Å²) in [6, 6.07) is 3.00. The van der Waals surface area contributed by atoms with Gasteiger partial charge < -0.3 is 14.6 Å². The summed E-state index contributed by atoms with van der Waals surface area (Å²) in [6.07, 6.45) is 3.00. The molecule has 1 saturated carbocycles. The molecule has 1 atom stereocenters. The first-order valence-corrected chi connectivity index (χ1v) is 5.78. The maximum Gasteiger partial charge on any atom is 0.371 e. The van der Waals surface area contributed by atoms with E-state index >= 15 is 0 Å². The third-order valence-corrected chi connectivity index (χ3v) is 3.40. The number of aliphatic hydroxyl groups is 1. The predicted octanol–water partition coefficient (Wildman–Crippen LogP) is 1.54. The second-order valence-corrected chi connectivity index (χ2v) is 4.67. The zero-order valence-corrected chi connectivity index (χ0v) is 9.77. The Hall–Kier alpha value is -1.33. The van der Waals surface area contributed by atoms with Gasteiger partial charge in [0.15, 0.2) is 0 Å². The molecule has 0 spiro atoms. The summed E-state index contributed by atoms with van der Waals surface area (Å²) in [5, 5.41) is 21.4. The van der Waals surface area contributed by atoms with Crippen LogP contribution < -0.4 is 5.32 Å². The van der Waals surface area contributed by atoms with Crippen molar-refractivity contribution in [1.82, 2.24) is 5.32 Å². The van der Waals surface area contributed by atoms with Crippen LogP contribution in [0.4, 0.5) is 0 Å². The van der Waals surface area contributed by atoms with E-state index in [2.05, 4.69) is 5.32 Å². The second-order valence-electron chi connectivity index (χ2n) is 4.67. The van der Waals surface area contributed by atoms with Crippen LogP contribution in [0, 0.1) is 0 Å². The van der Waals surface area contributed by atoms with Crippen LogP contribution in [0.5, 0.6) is 0 Å². The molecule has 3 N–H and O–H groups in total. The quantitative estimate of drug-likeness (QED) is 0.726. The molecule has 0 aromatic carbocycles. The maximum absolute atomic E-state index is 10.7. The lowest BCUT2D eigenvalue weighted by atomic mass is 9.77. The number of nitrogens with one attached hydrogen (secondary N) is 1. The molecule has 94 valence electrons. The van der Waals surface area contributed by atoms with E-state index in [0.29, 0.717) is 5.76 Å². The van der Waals surface area contributed by atoms with Crippen molar-refractivity contribution in [2.45, 2.75) is 37.8 Å². The van der Waals surface area contributed by atoms with Crippen LogP contribution in [0.1, 0.15) is 48.5 Å². The first kappa shape index (κ1) is 12.1. The first-order chi connectivity index (χ1) is 8.06. The van der Waals surface area contributed by atoms with Crippen molar-refractivity contribution in [3.8, 4) is 0 Å². The average molecular weight is 239 g/mol. The van der Waals surface area contributed by atoms with E-state index < -0.39 is 5.97 Å². The lowest BCUT2D eigenvalue weighted by Crippen LogP contribution is -2.54. The Labute approximate surface area is 99.4 Å². The molecule has 2 rings (SSSR count). The second kappa shape index (κ2) is 4.50. The fourth-order valence-electron chi connectivity index (χ4n) is 2.18. The highest BCUT2D eigenvalue weighted by molar-refractivity contribution is 5.84. The van der Waals surface area contributed by atoms with Crippen LogP contribution in [0.2, 0.25) is 0 Å². The molecule has 1 heterocycles. The predicted molar refractivity (Wildman–Crippen MR) is 60.9 cm³/mol. The number of aromatic carboxylic acids is 1. The van der Waals surface area contributed by atoms with Gasteiger partial charge >= 0.3 is 5.97 Å². The van der Waals surface area contributed by atoms with Crippen molar-refractivity contribution in [1.29, 1.82) is 0 Å². The molecule has 0 radical (unpaired) electrons. The van der Waals surface area contributed by atoms with E-state index in [-0.39, 0.29) is 23.9 Å². The van der Waals surface area contributed by atoms with Gasteiger partial charge in [0.1, 0.15) is 5.76 Å². The Morgan fingerprint density at radius 3 is 2.71 bits per heavy atom. The number of rotatable bonds is 5. The van der Waals surface area contributed by atoms with Crippen LogP contribution in [-0.4, -0.2) is 28.3 Å². The largest absolute Gasteiger partial charge is 0.475 e. The molecule has 1 aliphatic carbocycles. The molecule has 0 aliphatic heterocycles. The normalized spacial score (nSPS) is 19.6. The Morgan fingerprint density at radius 1 is 1.59 bits per heavy atom.